The molecular formula is C33H27N3O2. The van der Waals surface area contributed by atoms with E-state index in [2.05, 4.69) is 109 Å². The van der Waals surface area contributed by atoms with Crippen molar-refractivity contribution in [3.63, 3.8) is 0 Å². The van der Waals surface area contributed by atoms with E-state index in [1.165, 1.54) is 11.1 Å². The minimum Gasteiger partial charge on any atom is -0.476 e. The molecule has 0 amide bonds. The smallest absolute Gasteiger partial charge is 0.216 e. The molecule has 38 heavy (non-hydrogen) atoms. The average molecular weight is 498 g/mol. The Kier molecular flexibility index (Phi) is 5.18. The number of ether oxygens (including phenoxy) is 2. The van der Waals surface area contributed by atoms with Gasteiger partial charge >= 0.3 is 0 Å². The Morgan fingerprint density at radius 3 is 1.89 bits per heavy atom. The van der Waals surface area contributed by atoms with Gasteiger partial charge in [0.2, 0.25) is 5.90 Å². The predicted octanol–water partition coefficient (Wildman–Crippen LogP) is 7.41. The van der Waals surface area contributed by atoms with Crippen LogP contribution in [0, 0.1) is 0 Å². The van der Waals surface area contributed by atoms with Gasteiger partial charge in [0.05, 0.1) is 12.9 Å². The van der Waals surface area contributed by atoms with Gasteiger partial charge in [0.15, 0.2) is 0 Å². The molecule has 7 rings (SSSR count). The van der Waals surface area contributed by atoms with E-state index in [0.717, 1.165) is 57.4 Å². The van der Waals surface area contributed by atoms with Crippen LogP contribution in [0.15, 0.2) is 109 Å². The van der Waals surface area contributed by atoms with E-state index >= 15 is 0 Å². The fourth-order valence-electron chi connectivity index (χ4n) is 5.51. The van der Waals surface area contributed by atoms with E-state index in [1.807, 2.05) is 17.1 Å². The largest absolute Gasteiger partial charge is 0.476 e. The number of benzene rings is 4. The third-order valence-electron chi connectivity index (χ3n) is 7.59. The Hall–Kier alpha value is -4.64. The Morgan fingerprint density at radius 2 is 1.34 bits per heavy atom. The molecule has 186 valence electrons. The quantitative estimate of drug-likeness (QED) is 0.260. The molecule has 5 heteroatoms. The molecule has 5 aromatic rings. The van der Waals surface area contributed by atoms with Crippen LogP contribution in [0.2, 0.25) is 0 Å². The molecule has 3 heterocycles. The first kappa shape index (κ1) is 22.5. The third-order valence-corrected chi connectivity index (χ3v) is 7.59. The highest BCUT2D eigenvalue weighted by molar-refractivity contribution is 5.95. The summed E-state index contributed by atoms with van der Waals surface area (Å²) in [7, 11) is 0. The Labute approximate surface area is 222 Å². The zero-order chi connectivity index (χ0) is 25.7. The molecule has 0 saturated heterocycles. The van der Waals surface area contributed by atoms with Gasteiger partial charge in [-0.15, -0.1) is 0 Å². The maximum absolute atomic E-state index is 6.85. The molecule has 0 radical (unpaired) electrons. The van der Waals surface area contributed by atoms with E-state index in [1.54, 1.807) is 6.20 Å². The summed E-state index contributed by atoms with van der Waals surface area (Å²) in [5.74, 6) is 2.55. The molecule has 0 fully saturated rings. The van der Waals surface area contributed by atoms with Crippen molar-refractivity contribution in [2.24, 2.45) is 4.99 Å². The van der Waals surface area contributed by atoms with Gasteiger partial charge in [0.25, 0.3) is 0 Å². The van der Waals surface area contributed by atoms with Crippen LogP contribution < -0.4 is 4.74 Å². The molecule has 0 unspecified atom stereocenters. The topological polar surface area (TPSA) is 48.6 Å². The zero-order valence-corrected chi connectivity index (χ0v) is 21.4. The summed E-state index contributed by atoms with van der Waals surface area (Å²) in [6.07, 6.45) is 5.55. The number of aromatic nitrogens is 2. The lowest BCUT2D eigenvalue weighted by Gasteiger charge is -2.36. The summed E-state index contributed by atoms with van der Waals surface area (Å²) in [5.41, 5.74) is 8.60. The standard InChI is InChI=1S/C33H27N3O2/c1-33(2)28-7-3-5-26(22-9-11-24(12-10-22)32-35-18-20-37-32)30(28)38-31-27(6-4-8-29(31)33)23-13-15-25(16-14-23)36-19-17-34-21-36/h3-17,19,21H,18,20H2,1-2H3. The van der Waals surface area contributed by atoms with Crippen molar-refractivity contribution in [3.05, 3.63) is 120 Å². The lowest BCUT2D eigenvalue weighted by atomic mass is 9.74. The van der Waals surface area contributed by atoms with Crippen LogP contribution in [-0.4, -0.2) is 28.6 Å². The maximum Gasteiger partial charge on any atom is 0.216 e. The van der Waals surface area contributed by atoms with E-state index < -0.39 is 0 Å². The number of para-hydroxylation sites is 2. The maximum atomic E-state index is 6.85. The molecule has 0 aliphatic carbocycles. The number of rotatable bonds is 4. The van der Waals surface area contributed by atoms with Gasteiger partial charge in [-0.1, -0.05) is 74.5 Å². The highest BCUT2D eigenvalue weighted by Gasteiger charge is 2.36. The second-order valence-corrected chi connectivity index (χ2v) is 10.2. The molecule has 1 aromatic heterocycles. The van der Waals surface area contributed by atoms with Crippen LogP contribution in [0.4, 0.5) is 0 Å². The molecule has 2 aliphatic heterocycles. The number of aliphatic imine (C=N–C) groups is 1. The lowest BCUT2D eigenvalue weighted by Crippen LogP contribution is -2.25. The summed E-state index contributed by atoms with van der Waals surface area (Å²) in [4.78, 5) is 8.61. The molecule has 0 bridgehead atoms. The van der Waals surface area contributed by atoms with Crippen LogP contribution in [-0.2, 0) is 10.2 Å². The fourth-order valence-corrected chi connectivity index (χ4v) is 5.51. The average Bonchev–Trinajstić information content (AvgIpc) is 3.68. The van der Waals surface area contributed by atoms with Crippen LogP contribution in [0.3, 0.4) is 0 Å². The first-order valence-corrected chi connectivity index (χ1v) is 12.9. The normalized spacial score (nSPS) is 15.2. The van der Waals surface area contributed by atoms with Crippen molar-refractivity contribution in [2.45, 2.75) is 19.3 Å². The summed E-state index contributed by atoms with van der Waals surface area (Å²) in [6, 6.07) is 29.8. The van der Waals surface area contributed by atoms with Gasteiger partial charge in [-0.3, -0.25) is 0 Å². The monoisotopic (exact) mass is 497 g/mol. The first-order chi connectivity index (χ1) is 18.6. The molecule has 2 aliphatic rings. The van der Waals surface area contributed by atoms with Gasteiger partial charge in [-0.2, -0.15) is 0 Å². The second-order valence-electron chi connectivity index (χ2n) is 10.2. The zero-order valence-electron chi connectivity index (χ0n) is 21.4. The predicted molar refractivity (Wildman–Crippen MR) is 150 cm³/mol. The number of nitrogens with zero attached hydrogens (tertiary/aromatic N) is 3. The van der Waals surface area contributed by atoms with Gasteiger partial charge < -0.3 is 14.0 Å². The molecule has 0 N–H and O–H groups in total. The van der Waals surface area contributed by atoms with E-state index in [-0.39, 0.29) is 5.41 Å². The number of imidazole rings is 1. The van der Waals surface area contributed by atoms with Crippen molar-refractivity contribution >= 4 is 5.90 Å². The summed E-state index contributed by atoms with van der Waals surface area (Å²) < 4.78 is 14.5. The second kappa shape index (κ2) is 8.73. The SMILES string of the molecule is CC1(C)c2cccc(-c3ccc(C4=NCCO4)cc3)c2Oc2c(-c3ccc(-n4ccnc4)cc3)cccc21. The minimum atomic E-state index is -0.224. The Balaban J connectivity index is 1.31. The fraction of sp³-hybridized carbons (Fsp3) is 0.152. The minimum absolute atomic E-state index is 0.224. The molecule has 4 aromatic carbocycles. The van der Waals surface area contributed by atoms with E-state index in [4.69, 9.17) is 9.47 Å². The van der Waals surface area contributed by atoms with E-state index in [9.17, 15) is 0 Å². The highest BCUT2D eigenvalue weighted by atomic mass is 16.5. The van der Waals surface area contributed by atoms with Crippen molar-refractivity contribution in [1.29, 1.82) is 0 Å². The van der Waals surface area contributed by atoms with Crippen molar-refractivity contribution in [2.75, 3.05) is 13.2 Å². The van der Waals surface area contributed by atoms with Gasteiger partial charge in [-0.05, 0) is 35.4 Å². The van der Waals surface area contributed by atoms with Crippen molar-refractivity contribution < 1.29 is 9.47 Å². The van der Waals surface area contributed by atoms with Crippen molar-refractivity contribution in [1.82, 2.24) is 9.55 Å². The number of hydrogen-bond acceptors (Lipinski definition) is 4. The number of fused-ring (bicyclic) bond motifs is 2. The Morgan fingerprint density at radius 1 is 0.737 bits per heavy atom. The highest BCUT2D eigenvalue weighted by Crippen LogP contribution is 2.53. The lowest BCUT2D eigenvalue weighted by molar-refractivity contribution is 0.348. The number of hydrogen-bond donors (Lipinski definition) is 0. The van der Waals surface area contributed by atoms with Crippen LogP contribution in [0.1, 0.15) is 30.5 Å². The van der Waals surface area contributed by atoms with Crippen LogP contribution in [0.25, 0.3) is 27.9 Å². The first-order valence-electron chi connectivity index (χ1n) is 12.9. The molecule has 0 atom stereocenters. The van der Waals surface area contributed by atoms with Crippen molar-refractivity contribution in [3.8, 4) is 39.4 Å². The van der Waals surface area contributed by atoms with E-state index in [0.29, 0.717) is 6.61 Å². The molecule has 5 nitrogen and oxygen atoms in total. The summed E-state index contributed by atoms with van der Waals surface area (Å²) in [6.45, 7) is 5.93. The molecular weight excluding hydrogens is 470 g/mol. The van der Waals surface area contributed by atoms with Crippen LogP contribution >= 0.6 is 0 Å². The Bertz CT molecular complexity index is 1670. The van der Waals surface area contributed by atoms with Gasteiger partial charge in [-0.25, -0.2) is 9.98 Å². The van der Waals surface area contributed by atoms with Gasteiger partial charge in [0.1, 0.15) is 18.1 Å². The third kappa shape index (κ3) is 3.62. The molecule has 0 spiro atoms. The van der Waals surface area contributed by atoms with Crippen LogP contribution in [0.5, 0.6) is 11.5 Å². The summed E-state index contributed by atoms with van der Waals surface area (Å²) >= 11 is 0. The van der Waals surface area contributed by atoms with Gasteiger partial charge in [0, 0.05) is 51.3 Å². The molecule has 0 saturated carbocycles. The summed E-state index contributed by atoms with van der Waals surface area (Å²) in [5, 5.41) is 0.